The number of hydrogen-bond donors (Lipinski definition) is 0. The molecule has 1 aliphatic rings. The third-order valence-electron chi connectivity index (χ3n) is 3.74. The molecular formula is C14H23N3O. The minimum absolute atomic E-state index is 0.345. The summed E-state index contributed by atoms with van der Waals surface area (Å²) in [6, 6.07) is 0. The van der Waals surface area contributed by atoms with E-state index in [1.807, 2.05) is 23.6 Å². The van der Waals surface area contributed by atoms with Crippen molar-refractivity contribution >= 4 is 5.91 Å². The van der Waals surface area contributed by atoms with Gasteiger partial charge >= 0.3 is 0 Å². The molecule has 0 aliphatic carbocycles. The predicted octanol–water partition coefficient (Wildman–Crippen LogP) is 2.31. The quantitative estimate of drug-likeness (QED) is 0.803. The highest BCUT2D eigenvalue weighted by atomic mass is 16.2. The standard InChI is InChI=1S/C14H23N3O/c1-2-3-4-14(18)17-8-5-13(6-9-17)11-16-10-7-15-12-16/h7,10,12-13H,2-6,8-9,11H2,1H3. The summed E-state index contributed by atoms with van der Waals surface area (Å²) < 4.78 is 2.14. The average molecular weight is 249 g/mol. The number of unbranched alkanes of at least 4 members (excludes halogenated alkanes) is 1. The maximum atomic E-state index is 11.9. The van der Waals surface area contributed by atoms with Gasteiger partial charge in [-0.15, -0.1) is 0 Å². The normalized spacial score (nSPS) is 17.1. The number of amides is 1. The second kappa shape index (κ2) is 6.57. The van der Waals surface area contributed by atoms with Crippen LogP contribution < -0.4 is 0 Å². The van der Waals surface area contributed by atoms with Crippen LogP contribution >= 0.6 is 0 Å². The van der Waals surface area contributed by atoms with Crippen LogP contribution in [0.2, 0.25) is 0 Å². The molecule has 0 radical (unpaired) electrons. The van der Waals surface area contributed by atoms with Crippen LogP contribution in [-0.4, -0.2) is 33.4 Å². The fourth-order valence-corrected chi connectivity index (χ4v) is 2.54. The molecule has 2 rings (SSSR count). The number of likely N-dealkylation sites (tertiary alicyclic amines) is 1. The van der Waals surface area contributed by atoms with Crippen LogP contribution in [0.5, 0.6) is 0 Å². The Labute approximate surface area is 109 Å². The molecule has 2 heterocycles. The molecule has 1 saturated heterocycles. The Morgan fingerprint density at radius 1 is 1.39 bits per heavy atom. The largest absolute Gasteiger partial charge is 0.343 e. The summed E-state index contributed by atoms with van der Waals surface area (Å²) in [6.07, 6.45) is 10.8. The monoisotopic (exact) mass is 249 g/mol. The van der Waals surface area contributed by atoms with E-state index in [0.717, 1.165) is 51.7 Å². The number of carbonyl (C=O) groups is 1. The van der Waals surface area contributed by atoms with Crippen LogP contribution in [0.3, 0.4) is 0 Å². The van der Waals surface area contributed by atoms with E-state index >= 15 is 0 Å². The van der Waals surface area contributed by atoms with E-state index in [4.69, 9.17) is 0 Å². The van der Waals surface area contributed by atoms with Crippen LogP contribution in [0.25, 0.3) is 0 Å². The Morgan fingerprint density at radius 2 is 2.17 bits per heavy atom. The van der Waals surface area contributed by atoms with Gasteiger partial charge in [-0.25, -0.2) is 4.98 Å². The first-order valence-electron chi connectivity index (χ1n) is 7.03. The Balaban J connectivity index is 1.72. The summed E-state index contributed by atoms with van der Waals surface area (Å²) in [5, 5.41) is 0. The van der Waals surface area contributed by atoms with Gasteiger partial charge in [-0.05, 0) is 25.2 Å². The lowest BCUT2D eigenvalue weighted by Crippen LogP contribution is -2.39. The molecule has 1 aliphatic heterocycles. The first kappa shape index (κ1) is 13.1. The molecule has 0 bridgehead atoms. The van der Waals surface area contributed by atoms with Crippen LogP contribution in [0.4, 0.5) is 0 Å². The van der Waals surface area contributed by atoms with Gasteiger partial charge in [-0.3, -0.25) is 4.79 Å². The van der Waals surface area contributed by atoms with Crippen molar-refractivity contribution in [1.29, 1.82) is 0 Å². The fraction of sp³-hybridized carbons (Fsp3) is 0.714. The van der Waals surface area contributed by atoms with E-state index in [0.29, 0.717) is 11.8 Å². The van der Waals surface area contributed by atoms with Crippen molar-refractivity contribution in [3.8, 4) is 0 Å². The maximum absolute atomic E-state index is 11.9. The van der Waals surface area contributed by atoms with Gasteiger partial charge in [0.2, 0.25) is 5.91 Å². The van der Waals surface area contributed by atoms with Crippen molar-refractivity contribution in [3.63, 3.8) is 0 Å². The number of piperidine rings is 1. The SMILES string of the molecule is CCCCC(=O)N1CCC(Cn2ccnc2)CC1. The van der Waals surface area contributed by atoms with Gasteiger partial charge in [0.1, 0.15) is 0 Å². The molecule has 100 valence electrons. The lowest BCUT2D eigenvalue weighted by molar-refractivity contribution is -0.132. The topological polar surface area (TPSA) is 38.1 Å². The van der Waals surface area contributed by atoms with Crippen molar-refractivity contribution in [1.82, 2.24) is 14.5 Å². The zero-order valence-corrected chi connectivity index (χ0v) is 11.2. The van der Waals surface area contributed by atoms with E-state index in [1.165, 1.54) is 0 Å². The zero-order valence-electron chi connectivity index (χ0n) is 11.2. The molecule has 1 fully saturated rings. The van der Waals surface area contributed by atoms with E-state index in [-0.39, 0.29) is 0 Å². The Kier molecular flexibility index (Phi) is 4.79. The molecule has 0 N–H and O–H groups in total. The highest BCUT2D eigenvalue weighted by Gasteiger charge is 2.22. The molecule has 4 heteroatoms. The number of nitrogens with zero attached hydrogens (tertiary/aromatic N) is 3. The van der Waals surface area contributed by atoms with Crippen molar-refractivity contribution in [2.24, 2.45) is 5.92 Å². The summed E-state index contributed by atoms with van der Waals surface area (Å²) in [7, 11) is 0. The van der Waals surface area contributed by atoms with Gasteiger partial charge in [0.25, 0.3) is 0 Å². The van der Waals surface area contributed by atoms with E-state index in [9.17, 15) is 4.79 Å². The second-order valence-corrected chi connectivity index (χ2v) is 5.19. The van der Waals surface area contributed by atoms with Gasteiger partial charge in [0.05, 0.1) is 6.33 Å². The number of carbonyl (C=O) groups excluding carboxylic acids is 1. The number of imidazole rings is 1. The molecule has 1 aromatic rings. The van der Waals surface area contributed by atoms with Crippen molar-refractivity contribution in [3.05, 3.63) is 18.7 Å². The predicted molar refractivity (Wildman–Crippen MR) is 71.1 cm³/mol. The van der Waals surface area contributed by atoms with E-state index in [2.05, 4.69) is 16.5 Å². The summed E-state index contributed by atoms with van der Waals surface area (Å²) in [5.41, 5.74) is 0. The van der Waals surface area contributed by atoms with Gasteiger partial charge < -0.3 is 9.47 Å². The minimum Gasteiger partial charge on any atom is -0.343 e. The van der Waals surface area contributed by atoms with Gasteiger partial charge in [0, 0.05) is 38.4 Å². The summed E-state index contributed by atoms with van der Waals surface area (Å²) in [5.74, 6) is 1.03. The molecule has 0 saturated carbocycles. The van der Waals surface area contributed by atoms with Crippen molar-refractivity contribution in [2.45, 2.75) is 45.6 Å². The summed E-state index contributed by atoms with van der Waals surface area (Å²) >= 11 is 0. The molecule has 1 aromatic heterocycles. The lowest BCUT2D eigenvalue weighted by atomic mass is 9.96. The Bertz CT molecular complexity index is 353. The molecule has 0 atom stereocenters. The van der Waals surface area contributed by atoms with Crippen molar-refractivity contribution < 1.29 is 4.79 Å². The maximum Gasteiger partial charge on any atom is 0.222 e. The molecule has 0 aromatic carbocycles. The second-order valence-electron chi connectivity index (χ2n) is 5.19. The van der Waals surface area contributed by atoms with Gasteiger partial charge in [-0.1, -0.05) is 13.3 Å². The van der Waals surface area contributed by atoms with Crippen LogP contribution in [0, 0.1) is 5.92 Å². The Morgan fingerprint density at radius 3 is 2.78 bits per heavy atom. The highest BCUT2D eigenvalue weighted by molar-refractivity contribution is 5.76. The van der Waals surface area contributed by atoms with Gasteiger partial charge in [-0.2, -0.15) is 0 Å². The van der Waals surface area contributed by atoms with E-state index < -0.39 is 0 Å². The number of aromatic nitrogens is 2. The van der Waals surface area contributed by atoms with Gasteiger partial charge in [0.15, 0.2) is 0 Å². The smallest absolute Gasteiger partial charge is 0.222 e. The Hall–Kier alpha value is -1.32. The third-order valence-corrected chi connectivity index (χ3v) is 3.74. The number of rotatable bonds is 5. The summed E-state index contributed by atoms with van der Waals surface area (Å²) in [4.78, 5) is 18.0. The highest BCUT2D eigenvalue weighted by Crippen LogP contribution is 2.19. The molecule has 0 unspecified atom stereocenters. The van der Waals surface area contributed by atoms with E-state index in [1.54, 1.807) is 0 Å². The third kappa shape index (κ3) is 3.59. The molecular weight excluding hydrogens is 226 g/mol. The van der Waals surface area contributed by atoms with Crippen molar-refractivity contribution in [2.75, 3.05) is 13.1 Å². The average Bonchev–Trinajstić information content (AvgIpc) is 2.89. The first-order valence-corrected chi connectivity index (χ1v) is 7.03. The molecule has 18 heavy (non-hydrogen) atoms. The van der Waals surface area contributed by atoms with Crippen LogP contribution in [0.15, 0.2) is 18.7 Å². The number of hydrogen-bond acceptors (Lipinski definition) is 2. The lowest BCUT2D eigenvalue weighted by Gasteiger charge is -2.32. The molecule has 0 spiro atoms. The molecule has 4 nitrogen and oxygen atoms in total. The molecule has 1 amide bonds. The van der Waals surface area contributed by atoms with Crippen LogP contribution in [0.1, 0.15) is 39.0 Å². The zero-order chi connectivity index (χ0) is 12.8. The first-order chi connectivity index (χ1) is 8.79. The minimum atomic E-state index is 0.345. The van der Waals surface area contributed by atoms with Crippen LogP contribution in [-0.2, 0) is 11.3 Å². The summed E-state index contributed by atoms with van der Waals surface area (Å²) in [6.45, 7) is 5.03. The fourth-order valence-electron chi connectivity index (χ4n) is 2.54.